The number of urea groups is 1. The first-order chi connectivity index (χ1) is 9.31. The van der Waals surface area contributed by atoms with Gasteiger partial charge < -0.3 is 10.6 Å². The monoisotopic (exact) mass is 310 g/mol. The van der Waals surface area contributed by atoms with E-state index in [0.717, 1.165) is 18.7 Å². The Bertz CT molecular complexity index is 436. The highest BCUT2D eigenvalue weighted by atomic mass is 32.1. The molecule has 1 aromatic rings. The van der Waals surface area contributed by atoms with Crippen LogP contribution in [-0.4, -0.2) is 30.3 Å². The summed E-state index contributed by atoms with van der Waals surface area (Å²) in [6.07, 6.45) is -3.44. The Morgan fingerprint density at radius 1 is 1.50 bits per heavy atom. The molecule has 114 valence electrons. The third kappa shape index (κ3) is 6.20. The highest BCUT2D eigenvalue weighted by molar-refractivity contribution is 7.13. The highest BCUT2D eigenvalue weighted by Gasteiger charge is 2.27. The first-order valence-corrected chi connectivity index (χ1v) is 7.00. The Morgan fingerprint density at radius 3 is 2.80 bits per heavy atom. The van der Waals surface area contributed by atoms with Crippen LogP contribution in [0, 0.1) is 0 Å². The van der Waals surface area contributed by atoms with E-state index in [2.05, 4.69) is 15.6 Å². The van der Waals surface area contributed by atoms with Gasteiger partial charge in [-0.15, -0.1) is 11.3 Å². The predicted octanol–water partition coefficient (Wildman–Crippen LogP) is 2.89. The molecule has 0 radical (unpaired) electrons. The molecular weight excluding hydrogens is 293 g/mol. The summed E-state index contributed by atoms with van der Waals surface area (Å²) < 4.78 is 35.8. The number of thiazole rings is 1. The van der Waals surface area contributed by atoms with Gasteiger partial charge in [0.1, 0.15) is 6.54 Å². The molecule has 1 heterocycles. The van der Waals surface area contributed by atoms with Crippen LogP contribution in [-0.2, 0) is 0 Å². The number of carbonyl (C=O) groups is 1. The zero-order valence-electron chi connectivity index (χ0n) is 11.2. The van der Waals surface area contributed by atoms with E-state index in [0.29, 0.717) is 0 Å². The number of anilines is 1. The van der Waals surface area contributed by atoms with Gasteiger partial charge in [0.05, 0.1) is 5.69 Å². The summed E-state index contributed by atoms with van der Waals surface area (Å²) in [7, 11) is 0. The molecule has 0 aliphatic carbocycles. The molecule has 1 atom stereocenters. The van der Waals surface area contributed by atoms with Crippen molar-refractivity contribution in [2.45, 2.75) is 32.5 Å². The van der Waals surface area contributed by atoms with Gasteiger partial charge in [0, 0.05) is 11.4 Å². The molecule has 1 aromatic heterocycles. The second-order valence-corrected chi connectivity index (χ2v) is 5.03. The van der Waals surface area contributed by atoms with Gasteiger partial charge in [-0.25, -0.2) is 9.78 Å². The molecule has 2 amide bonds. The van der Waals surface area contributed by atoms with Gasteiger partial charge >= 0.3 is 12.2 Å². The van der Waals surface area contributed by atoms with Gasteiger partial charge in [0.25, 0.3) is 0 Å². The Morgan fingerprint density at radius 2 is 2.20 bits per heavy atom. The molecule has 0 spiro atoms. The number of nitrogens with zero attached hydrogens (tertiary/aromatic N) is 1. The lowest BCUT2D eigenvalue weighted by atomic mass is 10.2. The number of alkyl halides is 3. The Labute approximate surface area is 119 Å². The van der Waals surface area contributed by atoms with Crippen molar-refractivity contribution in [3.05, 3.63) is 11.1 Å². The van der Waals surface area contributed by atoms with Crippen molar-refractivity contribution in [1.82, 2.24) is 15.6 Å². The van der Waals surface area contributed by atoms with Gasteiger partial charge in [0.15, 0.2) is 5.13 Å². The molecule has 20 heavy (non-hydrogen) atoms. The van der Waals surface area contributed by atoms with Crippen molar-refractivity contribution in [3.8, 4) is 0 Å². The molecule has 3 N–H and O–H groups in total. The fourth-order valence-electron chi connectivity index (χ4n) is 1.33. The lowest BCUT2D eigenvalue weighted by molar-refractivity contribution is -0.122. The van der Waals surface area contributed by atoms with Crippen LogP contribution in [0.25, 0.3) is 0 Å². The Balaban J connectivity index is 2.45. The maximum Gasteiger partial charge on any atom is 0.405 e. The van der Waals surface area contributed by atoms with Gasteiger partial charge in [-0.3, -0.25) is 5.32 Å². The van der Waals surface area contributed by atoms with Crippen LogP contribution < -0.4 is 16.0 Å². The van der Waals surface area contributed by atoms with E-state index in [9.17, 15) is 18.0 Å². The van der Waals surface area contributed by atoms with Crippen molar-refractivity contribution >= 4 is 22.5 Å². The average molecular weight is 310 g/mol. The fourth-order valence-corrected chi connectivity index (χ4v) is 2.13. The van der Waals surface area contributed by atoms with Crippen LogP contribution in [0.1, 0.15) is 32.0 Å². The minimum absolute atomic E-state index is 0.0278. The minimum Gasteiger partial charge on any atom is -0.329 e. The summed E-state index contributed by atoms with van der Waals surface area (Å²) in [5, 5.41) is 9.25. The lowest BCUT2D eigenvalue weighted by Crippen LogP contribution is -2.36. The lowest BCUT2D eigenvalue weighted by Gasteiger charge is -2.10. The third-order valence-corrected chi connectivity index (χ3v) is 3.11. The number of rotatable bonds is 6. The summed E-state index contributed by atoms with van der Waals surface area (Å²) in [5.41, 5.74) is 0.745. The van der Waals surface area contributed by atoms with Crippen molar-refractivity contribution in [3.63, 3.8) is 0 Å². The number of hydrogen-bond donors (Lipinski definition) is 3. The van der Waals surface area contributed by atoms with Gasteiger partial charge in [-0.05, 0) is 19.9 Å². The first-order valence-electron chi connectivity index (χ1n) is 6.12. The topological polar surface area (TPSA) is 66.0 Å². The van der Waals surface area contributed by atoms with E-state index in [1.807, 2.05) is 13.8 Å². The highest BCUT2D eigenvalue weighted by Crippen LogP contribution is 2.20. The van der Waals surface area contributed by atoms with E-state index in [-0.39, 0.29) is 11.2 Å². The Hall–Kier alpha value is -1.35. The van der Waals surface area contributed by atoms with E-state index in [4.69, 9.17) is 0 Å². The van der Waals surface area contributed by atoms with Gasteiger partial charge in [0.2, 0.25) is 0 Å². The van der Waals surface area contributed by atoms with Crippen LogP contribution in [0.2, 0.25) is 0 Å². The van der Waals surface area contributed by atoms with Crippen LogP contribution in [0.3, 0.4) is 0 Å². The SMILES string of the molecule is CCCNC(C)c1csc(NC(=O)NCC(F)(F)F)n1. The number of halogens is 3. The molecule has 0 aliphatic heterocycles. The van der Waals surface area contributed by atoms with E-state index in [1.54, 1.807) is 10.7 Å². The molecular formula is C11H17F3N4OS. The zero-order valence-corrected chi connectivity index (χ0v) is 12.0. The summed E-state index contributed by atoms with van der Waals surface area (Å²) >= 11 is 1.17. The third-order valence-electron chi connectivity index (χ3n) is 2.34. The molecule has 0 saturated heterocycles. The van der Waals surface area contributed by atoms with Gasteiger partial charge in [-0.1, -0.05) is 6.92 Å². The standard InChI is InChI=1S/C11H17F3N4OS/c1-3-4-15-7(2)8-5-20-10(17-8)18-9(19)16-6-11(12,13)14/h5,7,15H,3-4,6H2,1-2H3,(H2,16,17,18,19). The van der Waals surface area contributed by atoms with Crippen LogP contribution in [0.4, 0.5) is 23.1 Å². The van der Waals surface area contributed by atoms with E-state index < -0.39 is 18.8 Å². The van der Waals surface area contributed by atoms with Gasteiger partial charge in [-0.2, -0.15) is 13.2 Å². The molecule has 1 unspecified atom stereocenters. The minimum atomic E-state index is -4.43. The molecule has 9 heteroatoms. The zero-order chi connectivity index (χ0) is 15.2. The number of hydrogen-bond acceptors (Lipinski definition) is 4. The van der Waals surface area contributed by atoms with Crippen molar-refractivity contribution in [1.29, 1.82) is 0 Å². The fraction of sp³-hybridized carbons (Fsp3) is 0.636. The molecule has 5 nitrogen and oxygen atoms in total. The van der Waals surface area contributed by atoms with Crippen molar-refractivity contribution in [2.24, 2.45) is 0 Å². The smallest absolute Gasteiger partial charge is 0.329 e. The molecule has 0 fully saturated rings. The Kier molecular flexibility index (Phi) is 6.21. The second-order valence-electron chi connectivity index (χ2n) is 4.18. The maximum absolute atomic E-state index is 11.9. The second kappa shape index (κ2) is 7.44. The molecule has 0 saturated carbocycles. The molecule has 0 aromatic carbocycles. The molecule has 0 bridgehead atoms. The summed E-state index contributed by atoms with van der Waals surface area (Å²) in [5.74, 6) is 0. The van der Waals surface area contributed by atoms with Crippen LogP contribution in [0.5, 0.6) is 0 Å². The van der Waals surface area contributed by atoms with Crippen molar-refractivity contribution in [2.75, 3.05) is 18.4 Å². The maximum atomic E-state index is 11.9. The molecule has 0 aliphatic rings. The summed E-state index contributed by atoms with van der Waals surface area (Å²) in [6.45, 7) is 3.44. The van der Waals surface area contributed by atoms with Crippen LogP contribution in [0.15, 0.2) is 5.38 Å². The van der Waals surface area contributed by atoms with E-state index >= 15 is 0 Å². The number of amides is 2. The van der Waals surface area contributed by atoms with E-state index in [1.165, 1.54) is 11.3 Å². The largest absolute Gasteiger partial charge is 0.405 e. The summed E-state index contributed by atoms with van der Waals surface area (Å²) in [4.78, 5) is 15.4. The normalized spacial score (nSPS) is 13.1. The summed E-state index contributed by atoms with van der Waals surface area (Å²) in [6, 6.07) is -0.891. The van der Waals surface area contributed by atoms with Crippen molar-refractivity contribution < 1.29 is 18.0 Å². The number of nitrogens with one attached hydrogen (secondary N) is 3. The average Bonchev–Trinajstić information content (AvgIpc) is 2.81. The van der Waals surface area contributed by atoms with Crippen LogP contribution >= 0.6 is 11.3 Å². The predicted molar refractivity (Wildman–Crippen MR) is 71.9 cm³/mol. The first kappa shape index (κ1) is 16.7. The number of carbonyl (C=O) groups excluding carboxylic acids is 1. The number of aromatic nitrogens is 1. The molecule has 1 rings (SSSR count). The quantitative estimate of drug-likeness (QED) is 0.757.